The molecule has 0 bridgehead atoms. The third kappa shape index (κ3) is 1.38. The van der Waals surface area contributed by atoms with Gasteiger partial charge in [0.05, 0.1) is 20.5 Å². The highest BCUT2D eigenvalue weighted by molar-refractivity contribution is 6.37. The molecule has 0 amide bonds. The van der Waals surface area contributed by atoms with Crippen molar-refractivity contribution in [1.29, 1.82) is 0 Å². The molecule has 0 saturated heterocycles. The second-order valence-electron chi connectivity index (χ2n) is 2.48. The molecule has 0 N–H and O–H groups in total. The standard InChI is InChI=1S/C8H8Si2/c1-5-3-8(10)6(2)4-7(5)9/h3-4H,1-2H3. The molecule has 0 heterocycles. The lowest BCUT2D eigenvalue weighted by molar-refractivity contribution is 1.47. The summed E-state index contributed by atoms with van der Waals surface area (Å²) < 4.78 is 0. The number of aryl methyl sites for hydroxylation is 2. The Morgan fingerprint density at radius 2 is 1.20 bits per heavy atom. The first-order valence-electron chi connectivity index (χ1n) is 3.15. The van der Waals surface area contributed by atoms with E-state index >= 15 is 0 Å². The van der Waals surface area contributed by atoms with Gasteiger partial charge in [0, 0.05) is 0 Å². The van der Waals surface area contributed by atoms with Gasteiger partial charge in [-0.3, -0.25) is 0 Å². The van der Waals surface area contributed by atoms with Crippen LogP contribution in [0, 0.1) is 13.8 Å². The molecule has 10 heavy (non-hydrogen) atoms. The number of hydrogen-bond acceptors (Lipinski definition) is 0. The number of rotatable bonds is 0. The van der Waals surface area contributed by atoms with Crippen molar-refractivity contribution < 1.29 is 0 Å². The van der Waals surface area contributed by atoms with Crippen LogP contribution in [0.2, 0.25) is 0 Å². The van der Waals surface area contributed by atoms with Crippen molar-refractivity contribution in [2.24, 2.45) is 0 Å². The number of hydrogen-bond donors (Lipinski definition) is 0. The Bertz CT molecular complexity index is 203. The Morgan fingerprint density at radius 1 is 0.900 bits per heavy atom. The second kappa shape index (κ2) is 2.72. The molecule has 0 nitrogen and oxygen atoms in total. The number of benzene rings is 1. The van der Waals surface area contributed by atoms with E-state index in [0.717, 1.165) is 0 Å². The van der Waals surface area contributed by atoms with Gasteiger partial charge in [0.2, 0.25) is 0 Å². The van der Waals surface area contributed by atoms with Crippen molar-refractivity contribution in [1.82, 2.24) is 0 Å². The largest absolute Gasteiger partial charge is 0.0715 e. The molecule has 0 spiro atoms. The molecule has 1 rings (SSSR count). The quantitative estimate of drug-likeness (QED) is 0.465. The Balaban J connectivity index is 3.28. The van der Waals surface area contributed by atoms with Crippen LogP contribution in [0.3, 0.4) is 0 Å². The van der Waals surface area contributed by atoms with Crippen LogP contribution in [0.5, 0.6) is 0 Å². The zero-order chi connectivity index (χ0) is 7.72. The third-order valence-electron chi connectivity index (χ3n) is 1.57. The molecule has 0 aromatic heterocycles. The molecule has 1 aromatic rings. The highest BCUT2D eigenvalue weighted by Gasteiger charge is 1.95. The van der Waals surface area contributed by atoms with Gasteiger partial charge >= 0.3 is 0 Å². The van der Waals surface area contributed by atoms with E-state index in [-0.39, 0.29) is 0 Å². The maximum absolute atomic E-state index is 3.51. The van der Waals surface area contributed by atoms with Gasteiger partial charge in [-0.2, -0.15) is 0 Å². The fourth-order valence-electron chi connectivity index (χ4n) is 0.816. The Morgan fingerprint density at radius 3 is 1.50 bits per heavy atom. The summed E-state index contributed by atoms with van der Waals surface area (Å²) in [7, 11) is 7.02. The summed E-state index contributed by atoms with van der Waals surface area (Å²) in [5.41, 5.74) is 2.51. The molecule has 0 fully saturated rings. The summed E-state index contributed by atoms with van der Waals surface area (Å²) in [6.07, 6.45) is 0. The third-order valence-corrected chi connectivity index (χ3v) is 2.65. The molecule has 2 heteroatoms. The van der Waals surface area contributed by atoms with Crippen molar-refractivity contribution in [3.63, 3.8) is 0 Å². The Hall–Kier alpha value is -0.346. The van der Waals surface area contributed by atoms with Crippen LogP contribution in [0.25, 0.3) is 0 Å². The zero-order valence-electron chi connectivity index (χ0n) is 6.15. The van der Waals surface area contributed by atoms with Gasteiger partial charge in [-0.15, -0.1) is 0 Å². The van der Waals surface area contributed by atoms with Crippen LogP contribution in [0.15, 0.2) is 12.1 Å². The summed E-state index contributed by atoms with van der Waals surface area (Å²) in [5, 5.41) is 2.33. The first-order chi connectivity index (χ1) is 4.61. The highest BCUT2D eigenvalue weighted by atomic mass is 28.1. The summed E-state index contributed by atoms with van der Waals surface area (Å²) in [6, 6.07) is 4.21. The van der Waals surface area contributed by atoms with Crippen molar-refractivity contribution >= 4 is 30.9 Å². The van der Waals surface area contributed by atoms with E-state index in [2.05, 4.69) is 46.5 Å². The topological polar surface area (TPSA) is 0 Å². The van der Waals surface area contributed by atoms with Crippen LogP contribution >= 0.6 is 0 Å². The molecule has 0 atom stereocenters. The van der Waals surface area contributed by atoms with Crippen molar-refractivity contribution in [3.05, 3.63) is 23.3 Å². The van der Waals surface area contributed by atoms with Gasteiger partial charge < -0.3 is 0 Å². The average Bonchev–Trinajstić information content (AvgIpc) is 1.84. The van der Waals surface area contributed by atoms with Gasteiger partial charge in [0.15, 0.2) is 0 Å². The lowest BCUT2D eigenvalue weighted by atomic mass is 10.2. The van der Waals surface area contributed by atoms with Crippen LogP contribution in [-0.4, -0.2) is 20.5 Å². The second-order valence-corrected chi connectivity index (χ2v) is 3.56. The smallest absolute Gasteiger partial charge is 0.0643 e. The Labute approximate surface area is 68.5 Å². The molecular formula is C8H8Si2. The molecule has 1 aromatic carbocycles. The van der Waals surface area contributed by atoms with Crippen LogP contribution in [-0.2, 0) is 0 Å². The lowest BCUT2D eigenvalue weighted by Gasteiger charge is -2.04. The monoisotopic (exact) mass is 160 g/mol. The predicted molar refractivity (Wildman–Crippen MR) is 46.7 cm³/mol. The molecule has 0 aliphatic carbocycles. The SMILES string of the molecule is Cc1cc([Si])c(C)cc1[Si]. The lowest BCUT2D eigenvalue weighted by Crippen LogP contribution is -2.16. The average molecular weight is 160 g/mol. The molecule has 6 radical (unpaired) electrons. The summed E-state index contributed by atoms with van der Waals surface area (Å²) >= 11 is 0. The van der Waals surface area contributed by atoms with Crippen LogP contribution in [0.4, 0.5) is 0 Å². The first-order valence-corrected chi connectivity index (χ1v) is 4.15. The molecule has 0 aliphatic rings. The molecule has 0 aliphatic heterocycles. The van der Waals surface area contributed by atoms with Gasteiger partial charge in [-0.1, -0.05) is 33.6 Å². The minimum atomic E-state index is 1.17. The van der Waals surface area contributed by atoms with E-state index in [1.807, 2.05) is 0 Å². The van der Waals surface area contributed by atoms with Gasteiger partial charge in [0.25, 0.3) is 0 Å². The minimum absolute atomic E-state index is 1.17. The summed E-state index contributed by atoms with van der Waals surface area (Å²) in [4.78, 5) is 0. The molecule has 48 valence electrons. The van der Waals surface area contributed by atoms with Gasteiger partial charge in [-0.05, 0) is 13.8 Å². The minimum Gasteiger partial charge on any atom is -0.0643 e. The van der Waals surface area contributed by atoms with E-state index < -0.39 is 0 Å². The van der Waals surface area contributed by atoms with E-state index in [1.165, 1.54) is 21.5 Å². The van der Waals surface area contributed by atoms with Crippen molar-refractivity contribution in [3.8, 4) is 0 Å². The van der Waals surface area contributed by atoms with Crippen molar-refractivity contribution in [2.75, 3.05) is 0 Å². The van der Waals surface area contributed by atoms with Gasteiger partial charge in [0.1, 0.15) is 0 Å². The van der Waals surface area contributed by atoms with Crippen LogP contribution in [0.1, 0.15) is 11.1 Å². The molecular weight excluding hydrogens is 152 g/mol. The van der Waals surface area contributed by atoms with E-state index in [0.29, 0.717) is 0 Å². The van der Waals surface area contributed by atoms with Crippen LogP contribution < -0.4 is 10.4 Å². The van der Waals surface area contributed by atoms with Crippen molar-refractivity contribution in [2.45, 2.75) is 13.8 Å². The van der Waals surface area contributed by atoms with E-state index in [4.69, 9.17) is 0 Å². The zero-order valence-corrected chi connectivity index (χ0v) is 8.15. The first kappa shape index (κ1) is 7.76. The predicted octanol–water partition coefficient (Wildman–Crippen LogP) is -0.109. The summed E-state index contributed by atoms with van der Waals surface area (Å²) in [5.74, 6) is 0. The van der Waals surface area contributed by atoms with E-state index in [1.54, 1.807) is 0 Å². The Kier molecular flexibility index (Phi) is 2.11. The summed E-state index contributed by atoms with van der Waals surface area (Å²) in [6.45, 7) is 4.15. The normalized spacial score (nSPS) is 10.0. The van der Waals surface area contributed by atoms with Gasteiger partial charge in [-0.25, -0.2) is 0 Å². The maximum atomic E-state index is 3.51. The fourth-order valence-corrected chi connectivity index (χ4v) is 1.39. The molecule has 0 saturated carbocycles. The fraction of sp³-hybridized carbons (Fsp3) is 0.250. The highest BCUT2D eigenvalue weighted by Crippen LogP contribution is 1.93. The molecule has 0 unspecified atom stereocenters. The maximum Gasteiger partial charge on any atom is 0.0715 e. The van der Waals surface area contributed by atoms with E-state index in [9.17, 15) is 0 Å².